The molecule has 3 aliphatic carbocycles. The molecule has 11 atom stereocenters. The third-order valence-corrected chi connectivity index (χ3v) is 14.2. The van der Waals surface area contributed by atoms with Gasteiger partial charge in [-0.2, -0.15) is 0 Å². The third-order valence-electron chi connectivity index (χ3n) is 14.2. The standard InChI is InChI=1S/C48H59NO16/c1-24-30-22-48(58)40(63-41(55)27-16-12-17-28(20-27)59-9)38-46(8,39(54)37(61-25(2)50)34(24)45(48,6)7)31(51)21-32-47(38,23-60-32)64-33(52)19-13-15-26-14-10-11-18-29(26)35(36(53)42(56)62-30)49-43(57)65-44(3,4)5/h10-12,14,16-18,20,30-32,35-38,40,51,53,58H,13,15,19,21-23H2,1-9H3,(H,49,57)/t30-,31-,32+,35-,36+,37+,38-,40-,46+,47-,48+/m0/s1. The molecule has 65 heavy (non-hydrogen) atoms. The molecular formula is C48H59NO16. The highest BCUT2D eigenvalue weighted by Gasteiger charge is 2.78. The number of hydrogen-bond acceptors (Lipinski definition) is 16. The van der Waals surface area contributed by atoms with Gasteiger partial charge < -0.3 is 53.8 Å². The van der Waals surface area contributed by atoms with Crippen LogP contribution in [0.25, 0.3) is 0 Å². The molecule has 2 saturated carbocycles. The highest BCUT2D eigenvalue weighted by molar-refractivity contribution is 5.95. The van der Waals surface area contributed by atoms with Crippen LogP contribution in [0.3, 0.4) is 0 Å². The number of rotatable bonds is 5. The van der Waals surface area contributed by atoms with Gasteiger partial charge in [-0.25, -0.2) is 14.4 Å². The molecule has 4 N–H and O–H groups in total. The SMILES string of the molecule is COc1cccc(C(=O)O[C@H]2[C@@H]3[C@]45CO[C@@H]4C[C@H](O)[C@@]3(C)C(=O)[C@H](OC(C)=O)C3=C(C)[C@H](C[C@]2(O)C3(C)C)OC(=O)[C@H](O)[C@@H](NC(=O)OC(C)(C)C)c2ccccc2CCCC(=O)O5)c1. The quantitative estimate of drug-likeness (QED) is 0.187. The second-order valence-corrected chi connectivity index (χ2v) is 19.5. The zero-order valence-corrected chi connectivity index (χ0v) is 38.1. The van der Waals surface area contributed by atoms with Crippen LogP contribution in [-0.4, -0.2) is 118 Å². The number of nitrogens with one attached hydrogen (secondary N) is 1. The van der Waals surface area contributed by atoms with Gasteiger partial charge in [0.15, 0.2) is 23.6 Å². The molecular weight excluding hydrogens is 847 g/mol. The number of benzene rings is 2. The molecule has 17 nitrogen and oxygen atoms in total. The van der Waals surface area contributed by atoms with Crippen molar-refractivity contribution in [3.8, 4) is 5.75 Å². The fourth-order valence-electron chi connectivity index (χ4n) is 10.8. The highest BCUT2D eigenvalue weighted by atomic mass is 16.6. The molecule has 2 aliphatic heterocycles. The molecule has 0 aromatic heterocycles. The molecule has 17 heteroatoms. The summed E-state index contributed by atoms with van der Waals surface area (Å²) in [6.07, 6.45) is -11.6. The molecule has 2 aromatic rings. The predicted octanol–water partition coefficient (Wildman–Crippen LogP) is 4.16. The summed E-state index contributed by atoms with van der Waals surface area (Å²) in [7, 11) is 1.41. The van der Waals surface area contributed by atoms with Crippen LogP contribution in [0.5, 0.6) is 5.75 Å². The molecule has 1 saturated heterocycles. The summed E-state index contributed by atoms with van der Waals surface area (Å²) in [5, 5.41) is 40.7. The number of methoxy groups -OCH3 is 1. The van der Waals surface area contributed by atoms with E-state index in [1.165, 1.54) is 33.1 Å². The van der Waals surface area contributed by atoms with Crippen molar-refractivity contribution in [1.82, 2.24) is 5.32 Å². The topological polar surface area (TPSA) is 240 Å². The molecule has 2 heterocycles. The van der Waals surface area contributed by atoms with E-state index in [2.05, 4.69) is 5.32 Å². The zero-order chi connectivity index (χ0) is 47.6. The number of carbonyl (C=O) groups is 6. The maximum absolute atomic E-state index is 15.7. The maximum Gasteiger partial charge on any atom is 0.408 e. The first kappa shape index (κ1) is 47.6. The zero-order valence-electron chi connectivity index (χ0n) is 38.1. The number of esters is 4. The minimum Gasteiger partial charge on any atom is -0.497 e. The smallest absolute Gasteiger partial charge is 0.408 e. The predicted molar refractivity (Wildman–Crippen MR) is 227 cm³/mol. The average molecular weight is 906 g/mol. The van der Waals surface area contributed by atoms with E-state index in [-0.39, 0.29) is 49.0 Å². The molecule has 3 fully saturated rings. The number of amides is 1. The summed E-state index contributed by atoms with van der Waals surface area (Å²) in [5.74, 6) is -6.04. The Morgan fingerprint density at radius 3 is 2.31 bits per heavy atom. The number of aliphatic hydroxyl groups is 3. The fourth-order valence-corrected chi connectivity index (χ4v) is 10.8. The number of Topliss-reactive ketones (excluding diaryl/α,β-unsaturated/α-hetero) is 1. The van der Waals surface area contributed by atoms with Crippen molar-refractivity contribution in [1.29, 1.82) is 0 Å². The fraction of sp³-hybridized carbons (Fsp3) is 0.583. The van der Waals surface area contributed by atoms with Crippen molar-refractivity contribution >= 4 is 35.8 Å². The van der Waals surface area contributed by atoms with Gasteiger partial charge >= 0.3 is 30.0 Å². The summed E-state index contributed by atoms with van der Waals surface area (Å²) >= 11 is 0. The van der Waals surface area contributed by atoms with Gasteiger partial charge in [0.25, 0.3) is 0 Å². The number of aliphatic hydroxyl groups excluding tert-OH is 2. The van der Waals surface area contributed by atoms with Gasteiger partial charge in [0.05, 0.1) is 42.8 Å². The van der Waals surface area contributed by atoms with Crippen molar-refractivity contribution < 1.29 is 77.2 Å². The van der Waals surface area contributed by atoms with E-state index in [4.69, 9.17) is 33.2 Å². The number of ether oxygens (including phenoxy) is 7. The minimum absolute atomic E-state index is 0.0159. The lowest BCUT2D eigenvalue weighted by molar-refractivity contribution is -0.346. The van der Waals surface area contributed by atoms with Gasteiger partial charge in [0, 0.05) is 31.6 Å². The number of carbonyl (C=O) groups excluding carboxylic acids is 6. The van der Waals surface area contributed by atoms with Crippen LogP contribution in [0, 0.1) is 16.7 Å². The monoisotopic (exact) mass is 905 g/mol. The van der Waals surface area contributed by atoms with Gasteiger partial charge in [-0.1, -0.05) is 44.2 Å². The normalized spacial score (nSPS) is 34.5. The first-order valence-corrected chi connectivity index (χ1v) is 21.9. The van der Waals surface area contributed by atoms with Crippen molar-refractivity contribution in [3.63, 3.8) is 0 Å². The van der Waals surface area contributed by atoms with E-state index >= 15 is 4.79 Å². The molecule has 0 unspecified atom stereocenters. The van der Waals surface area contributed by atoms with Crippen LogP contribution in [-0.2, 0) is 54.0 Å². The Bertz CT molecular complexity index is 2300. The molecule has 1 spiro atoms. The molecule has 352 valence electrons. The van der Waals surface area contributed by atoms with Crippen molar-refractivity contribution in [3.05, 3.63) is 76.4 Å². The third kappa shape index (κ3) is 8.18. The second kappa shape index (κ2) is 17.1. The molecule has 5 aliphatic rings. The molecule has 7 rings (SSSR count). The van der Waals surface area contributed by atoms with E-state index in [1.807, 2.05) is 0 Å². The Hall–Kier alpha value is -5.36. The average Bonchev–Trinajstić information content (AvgIpc) is 3.22. The lowest BCUT2D eigenvalue weighted by Crippen LogP contribution is -2.82. The van der Waals surface area contributed by atoms with Crippen LogP contribution < -0.4 is 10.1 Å². The van der Waals surface area contributed by atoms with Gasteiger partial charge in [-0.05, 0) is 87.9 Å². The van der Waals surface area contributed by atoms with E-state index in [1.54, 1.807) is 71.0 Å². The van der Waals surface area contributed by atoms with Crippen LogP contribution in [0.4, 0.5) is 4.79 Å². The number of ketones is 1. The Morgan fingerprint density at radius 1 is 0.954 bits per heavy atom. The van der Waals surface area contributed by atoms with Crippen LogP contribution in [0.2, 0.25) is 0 Å². The van der Waals surface area contributed by atoms with E-state index < -0.39 is 118 Å². The Morgan fingerprint density at radius 2 is 1.66 bits per heavy atom. The number of alkyl carbamates (subject to hydrolysis) is 1. The molecule has 4 bridgehead atoms. The lowest BCUT2D eigenvalue weighted by atomic mass is 9.44. The molecule has 1 amide bonds. The molecule has 0 radical (unpaired) electrons. The number of hydrogen-bond donors (Lipinski definition) is 4. The number of fused-ring (bicyclic) bond motifs is 3. The highest BCUT2D eigenvalue weighted by Crippen LogP contribution is 2.64. The van der Waals surface area contributed by atoms with Crippen LogP contribution >= 0.6 is 0 Å². The van der Waals surface area contributed by atoms with Gasteiger partial charge in [0.1, 0.15) is 35.3 Å². The Kier molecular flexibility index (Phi) is 12.5. The van der Waals surface area contributed by atoms with E-state index in [9.17, 15) is 39.3 Å². The van der Waals surface area contributed by atoms with Gasteiger partial charge in [-0.3, -0.25) is 14.4 Å². The summed E-state index contributed by atoms with van der Waals surface area (Å²) < 4.78 is 41.9. The number of aryl methyl sites for hydroxylation is 1. The van der Waals surface area contributed by atoms with Crippen LogP contribution in [0.15, 0.2) is 59.7 Å². The summed E-state index contributed by atoms with van der Waals surface area (Å²) in [6.45, 7) is 11.7. The first-order chi connectivity index (χ1) is 30.4. The summed E-state index contributed by atoms with van der Waals surface area (Å²) in [5.41, 5.74) is -7.99. The Labute approximate surface area is 377 Å². The van der Waals surface area contributed by atoms with E-state index in [0.717, 1.165) is 6.92 Å². The van der Waals surface area contributed by atoms with E-state index in [0.29, 0.717) is 16.9 Å². The Balaban J connectivity index is 1.48. The summed E-state index contributed by atoms with van der Waals surface area (Å²) in [6, 6.07) is 11.3. The minimum atomic E-state index is -2.43. The maximum atomic E-state index is 15.7. The van der Waals surface area contributed by atoms with Crippen molar-refractivity contribution in [2.75, 3.05) is 13.7 Å². The van der Waals surface area contributed by atoms with Gasteiger partial charge in [-0.15, -0.1) is 0 Å². The van der Waals surface area contributed by atoms with Crippen molar-refractivity contribution in [2.24, 2.45) is 16.7 Å². The van der Waals surface area contributed by atoms with Crippen molar-refractivity contribution in [2.45, 2.75) is 147 Å². The molecule has 2 aromatic carbocycles. The van der Waals surface area contributed by atoms with Crippen LogP contribution in [0.1, 0.15) is 109 Å². The first-order valence-electron chi connectivity index (χ1n) is 21.9. The lowest BCUT2D eigenvalue weighted by Gasteiger charge is -2.67. The summed E-state index contributed by atoms with van der Waals surface area (Å²) in [4.78, 5) is 85.5. The van der Waals surface area contributed by atoms with Gasteiger partial charge in [0.2, 0.25) is 0 Å². The largest absolute Gasteiger partial charge is 0.497 e. The second-order valence-electron chi connectivity index (χ2n) is 19.5.